The summed E-state index contributed by atoms with van der Waals surface area (Å²) in [4.78, 5) is 0. The van der Waals surface area contributed by atoms with Crippen molar-refractivity contribution in [2.75, 3.05) is 0 Å². The smallest absolute Gasteiger partial charge is 0.0664 e. The van der Waals surface area contributed by atoms with E-state index in [0.717, 1.165) is 5.57 Å². The van der Waals surface area contributed by atoms with Gasteiger partial charge in [0.2, 0.25) is 6.20 Å². The van der Waals surface area contributed by atoms with Crippen LogP contribution in [0.3, 0.4) is 0 Å². The average molecular weight is 95.1 g/mol. The van der Waals surface area contributed by atoms with E-state index in [1.807, 2.05) is 13.1 Å². The molecule has 1 aliphatic rings. The second-order valence-electron chi connectivity index (χ2n) is 1.56. The molecule has 0 aromatic carbocycles. The maximum Gasteiger partial charge on any atom is 0.206 e. The van der Waals surface area contributed by atoms with Crippen LogP contribution >= 0.6 is 0 Å². The minimum Gasteiger partial charge on any atom is -0.0664 e. The van der Waals surface area contributed by atoms with Gasteiger partial charge in [-0.1, -0.05) is 4.68 Å². The van der Waals surface area contributed by atoms with Crippen molar-refractivity contribution in [3.05, 3.63) is 11.8 Å². The Morgan fingerprint density at radius 2 is 2.57 bits per heavy atom. The van der Waals surface area contributed by atoms with Crippen LogP contribution in [0.25, 0.3) is 0 Å². The van der Waals surface area contributed by atoms with Crippen LogP contribution in [-0.2, 0) is 0 Å². The summed E-state index contributed by atoms with van der Waals surface area (Å²) in [5.41, 5.74) is 1.15. The van der Waals surface area contributed by atoms with Gasteiger partial charge in [0.1, 0.15) is 6.21 Å². The highest BCUT2D eigenvalue weighted by atomic mass is 15.4. The molecule has 0 spiro atoms. The standard InChI is InChI=1S/C5H7N2/c1-5-3-6-7(2)4-5/h3-4H,2H2,1H3/q+1. The van der Waals surface area contributed by atoms with Gasteiger partial charge in [0.15, 0.2) is 6.72 Å². The first-order valence-electron chi connectivity index (χ1n) is 2.11. The molecule has 0 N–H and O–H groups in total. The van der Waals surface area contributed by atoms with Crippen LogP contribution < -0.4 is 0 Å². The van der Waals surface area contributed by atoms with Crippen molar-refractivity contribution >= 4 is 12.9 Å². The first-order valence-corrected chi connectivity index (χ1v) is 2.11. The van der Waals surface area contributed by atoms with E-state index in [9.17, 15) is 0 Å². The topological polar surface area (TPSA) is 15.4 Å². The minimum atomic E-state index is 1.15. The number of hydrogen-bond donors (Lipinski definition) is 0. The normalized spacial score (nSPS) is 17.9. The molecule has 0 aliphatic carbocycles. The fourth-order valence-electron chi connectivity index (χ4n) is 0.467. The highest BCUT2D eigenvalue weighted by molar-refractivity contribution is 5.77. The lowest BCUT2D eigenvalue weighted by Crippen LogP contribution is -1.80. The largest absolute Gasteiger partial charge is 0.206 e. The maximum atomic E-state index is 3.82. The Morgan fingerprint density at radius 1 is 1.86 bits per heavy atom. The van der Waals surface area contributed by atoms with Gasteiger partial charge in [0.05, 0.1) is 0 Å². The summed E-state index contributed by atoms with van der Waals surface area (Å²) in [7, 11) is 0. The maximum absolute atomic E-state index is 3.82. The first-order chi connectivity index (χ1) is 3.29. The molecule has 1 heterocycles. The lowest BCUT2D eigenvalue weighted by molar-refractivity contribution is -0.448. The Balaban J connectivity index is 2.88. The van der Waals surface area contributed by atoms with Crippen molar-refractivity contribution in [3.8, 4) is 0 Å². The molecule has 0 unspecified atom stereocenters. The highest BCUT2D eigenvalue weighted by Crippen LogP contribution is 1.94. The predicted octanol–water partition coefficient (Wildman–Crippen LogP) is 0.603. The Kier molecular flexibility index (Phi) is 0.785. The zero-order chi connectivity index (χ0) is 5.28. The van der Waals surface area contributed by atoms with Gasteiger partial charge in [-0.05, 0) is 12.0 Å². The van der Waals surface area contributed by atoms with Crippen molar-refractivity contribution < 1.29 is 4.68 Å². The van der Waals surface area contributed by atoms with Crippen LogP contribution in [0, 0.1) is 0 Å². The molecule has 36 valence electrons. The SMILES string of the molecule is C=[N+]1C=C(C)C=N1. The molecular formula is C5H7N2+. The van der Waals surface area contributed by atoms with E-state index in [2.05, 4.69) is 11.8 Å². The van der Waals surface area contributed by atoms with Gasteiger partial charge in [0, 0.05) is 5.57 Å². The van der Waals surface area contributed by atoms with Crippen LogP contribution in [0.1, 0.15) is 6.92 Å². The van der Waals surface area contributed by atoms with E-state index in [0.29, 0.717) is 0 Å². The molecule has 0 saturated carbocycles. The van der Waals surface area contributed by atoms with Crippen molar-refractivity contribution in [2.24, 2.45) is 5.10 Å². The third-order valence-corrected chi connectivity index (χ3v) is 0.762. The molecule has 0 saturated heterocycles. The highest BCUT2D eigenvalue weighted by Gasteiger charge is 2.00. The zero-order valence-corrected chi connectivity index (χ0v) is 4.26. The fraction of sp³-hybridized carbons (Fsp3) is 0.200. The molecule has 0 radical (unpaired) electrons. The summed E-state index contributed by atoms with van der Waals surface area (Å²) in [5, 5.41) is 3.82. The van der Waals surface area contributed by atoms with Gasteiger partial charge in [-0.15, -0.1) is 0 Å². The van der Waals surface area contributed by atoms with Gasteiger partial charge < -0.3 is 0 Å². The Morgan fingerprint density at radius 3 is 2.71 bits per heavy atom. The molecule has 0 bridgehead atoms. The molecule has 0 amide bonds. The van der Waals surface area contributed by atoms with Crippen molar-refractivity contribution in [1.82, 2.24) is 0 Å². The Labute approximate surface area is 42.5 Å². The lowest BCUT2D eigenvalue weighted by atomic mass is 10.4. The van der Waals surface area contributed by atoms with Gasteiger partial charge in [-0.25, -0.2) is 0 Å². The van der Waals surface area contributed by atoms with E-state index < -0.39 is 0 Å². The van der Waals surface area contributed by atoms with E-state index in [1.54, 1.807) is 6.21 Å². The van der Waals surface area contributed by atoms with E-state index in [-0.39, 0.29) is 0 Å². The Bertz CT molecular complexity index is 153. The molecule has 0 aromatic heterocycles. The van der Waals surface area contributed by atoms with Crippen molar-refractivity contribution in [3.63, 3.8) is 0 Å². The van der Waals surface area contributed by atoms with Crippen LogP contribution in [0.4, 0.5) is 0 Å². The second kappa shape index (κ2) is 1.30. The number of hydrogen-bond acceptors (Lipinski definition) is 1. The van der Waals surface area contributed by atoms with E-state index in [4.69, 9.17) is 0 Å². The van der Waals surface area contributed by atoms with Gasteiger partial charge >= 0.3 is 0 Å². The number of hydrazone groups is 1. The Hall–Kier alpha value is -0.920. The third kappa shape index (κ3) is 0.738. The number of rotatable bonds is 0. The van der Waals surface area contributed by atoms with E-state index in [1.165, 1.54) is 4.68 Å². The molecule has 0 atom stereocenters. The molecule has 1 rings (SSSR count). The monoisotopic (exact) mass is 95.1 g/mol. The predicted molar refractivity (Wildman–Crippen MR) is 29.6 cm³/mol. The van der Waals surface area contributed by atoms with Crippen LogP contribution in [-0.4, -0.2) is 17.6 Å². The fourth-order valence-corrected chi connectivity index (χ4v) is 0.467. The molecule has 0 aromatic rings. The first kappa shape index (κ1) is 4.24. The molecule has 1 aliphatic heterocycles. The van der Waals surface area contributed by atoms with Crippen molar-refractivity contribution in [1.29, 1.82) is 0 Å². The zero-order valence-electron chi connectivity index (χ0n) is 4.26. The summed E-state index contributed by atoms with van der Waals surface area (Å²) in [6, 6.07) is 0. The summed E-state index contributed by atoms with van der Waals surface area (Å²) < 4.78 is 1.54. The molecule has 2 nitrogen and oxygen atoms in total. The van der Waals surface area contributed by atoms with Crippen LogP contribution in [0.5, 0.6) is 0 Å². The second-order valence-corrected chi connectivity index (χ2v) is 1.56. The molecule has 7 heavy (non-hydrogen) atoms. The lowest BCUT2D eigenvalue weighted by Gasteiger charge is -1.66. The number of nitrogens with zero attached hydrogens (tertiary/aromatic N) is 2. The number of allylic oxidation sites excluding steroid dienone is 1. The van der Waals surface area contributed by atoms with Gasteiger partial charge in [0.25, 0.3) is 0 Å². The average Bonchev–Trinajstić information content (AvgIpc) is 1.87. The molecule has 0 fully saturated rings. The minimum absolute atomic E-state index is 1.15. The molecular weight excluding hydrogens is 88.1 g/mol. The van der Waals surface area contributed by atoms with Gasteiger partial charge in [-0.2, -0.15) is 0 Å². The van der Waals surface area contributed by atoms with Crippen molar-refractivity contribution in [2.45, 2.75) is 6.92 Å². The van der Waals surface area contributed by atoms with Crippen LogP contribution in [0.15, 0.2) is 16.9 Å². The van der Waals surface area contributed by atoms with Gasteiger partial charge in [-0.3, -0.25) is 0 Å². The summed E-state index contributed by atoms with van der Waals surface area (Å²) in [5.74, 6) is 0. The summed E-state index contributed by atoms with van der Waals surface area (Å²) in [6.07, 6.45) is 3.63. The quantitative estimate of drug-likeness (QED) is 0.391. The van der Waals surface area contributed by atoms with Crippen LogP contribution in [0.2, 0.25) is 0 Å². The summed E-state index contributed by atoms with van der Waals surface area (Å²) in [6.45, 7) is 5.53. The summed E-state index contributed by atoms with van der Waals surface area (Å²) >= 11 is 0. The molecule has 2 heteroatoms. The third-order valence-electron chi connectivity index (χ3n) is 0.762. The van der Waals surface area contributed by atoms with E-state index >= 15 is 0 Å².